The van der Waals surface area contributed by atoms with Crippen LogP contribution in [0, 0.1) is 0 Å². The summed E-state index contributed by atoms with van der Waals surface area (Å²) in [6, 6.07) is 19.8. The summed E-state index contributed by atoms with van der Waals surface area (Å²) in [6.07, 6.45) is 2.24. The van der Waals surface area contributed by atoms with Crippen LogP contribution in [-0.4, -0.2) is 23.6 Å². The molecule has 5 heteroatoms. The zero-order valence-corrected chi connectivity index (χ0v) is 15.2. The summed E-state index contributed by atoms with van der Waals surface area (Å²) in [5.41, 5.74) is 2.86. The Balaban J connectivity index is 1.87. The van der Waals surface area contributed by atoms with Crippen LogP contribution in [0.3, 0.4) is 0 Å². The van der Waals surface area contributed by atoms with Crippen molar-refractivity contribution in [1.29, 1.82) is 0 Å². The van der Waals surface area contributed by atoms with Gasteiger partial charge in [-0.3, -0.25) is 0 Å². The van der Waals surface area contributed by atoms with E-state index in [1.54, 1.807) is 7.11 Å². The minimum atomic E-state index is 0.565. The molecule has 1 heterocycles. The zero-order valence-electron chi connectivity index (χ0n) is 15.2. The van der Waals surface area contributed by atoms with E-state index < -0.39 is 0 Å². The molecule has 1 aromatic heterocycles. The van der Waals surface area contributed by atoms with Gasteiger partial charge in [-0.25, -0.2) is 4.98 Å². The molecule has 3 rings (SSSR count). The van der Waals surface area contributed by atoms with Crippen LogP contribution in [0.5, 0.6) is 5.75 Å². The van der Waals surface area contributed by atoms with E-state index in [1.165, 1.54) is 0 Å². The monoisotopic (exact) mass is 348 g/mol. The van der Waals surface area contributed by atoms with Crippen LogP contribution in [0.1, 0.15) is 19.8 Å². The number of unbranched alkanes of at least 4 members (excludes halogenated alkanes) is 1. The zero-order chi connectivity index (χ0) is 18.2. The molecular formula is C21H24N4O. The molecule has 0 fully saturated rings. The summed E-state index contributed by atoms with van der Waals surface area (Å²) in [5.74, 6) is 2.20. The van der Waals surface area contributed by atoms with Crippen LogP contribution >= 0.6 is 0 Å². The van der Waals surface area contributed by atoms with E-state index >= 15 is 0 Å². The lowest BCUT2D eigenvalue weighted by atomic mass is 10.1. The van der Waals surface area contributed by atoms with Crippen molar-refractivity contribution in [2.24, 2.45) is 0 Å². The van der Waals surface area contributed by atoms with Gasteiger partial charge in [-0.15, -0.1) is 0 Å². The fourth-order valence-electron chi connectivity index (χ4n) is 2.55. The van der Waals surface area contributed by atoms with E-state index in [2.05, 4.69) is 39.7 Å². The van der Waals surface area contributed by atoms with Crippen molar-refractivity contribution in [3.8, 4) is 17.0 Å². The van der Waals surface area contributed by atoms with Gasteiger partial charge in [0.2, 0.25) is 5.95 Å². The number of methoxy groups -OCH3 is 1. The molecule has 2 N–H and O–H groups in total. The first-order valence-electron chi connectivity index (χ1n) is 8.88. The average Bonchev–Trinajstić information content (AvgIpc) is 2.69. The van der Waals surface area contributed by atoms with Crippen molar-refractivity contribution in [2.45, 2.75) is 19.8 Å². The van der Waals surface area contributed by atoms with E-state index in [-0.39, 0.29) is 0 Å². The average molecular weight is 348 g/mol. The highest BCUT2D eigenvalue weighted by Gasteiger charge is 2.07. The third kappa shape index (κ3) is 4.72. The predicted molar refractivity (Wildman–Crippen MR) is 107 cm³/mol. The second kappa shape index (κ2) is 8.85. The smallest absolute Gasteiger partial charge is 0.229 e. The SMILES string of the molecule is CCCCNc1cc(-c2ccccc2)nc(Nc2ccc(OC)cc2)n1. The molecule has 0 radical (unpaired) electrons. The number of hydrogen-bond acceptors (Lipinski definition) is 5. The molecule has 3 aromatic rings. The van der Waals surface area contributed by atoms with Crippen LogP contribution < -0.4 is 15.4 Å². The van der Waals surface area contributed by atoms with Crippen molar-refractivity contribution >= 4 is 17.5 Å². The van der Waals surface area contributed by atoms with Gasteiger partial charge in [-0.05, 0) is 30.7 Å². The molecule has 0 bridgehead atoms. The lowest BCUT2D eigenvalue weighted by molar-refractivity contribution is 0.415. The van der Waals surface area contributed by atoms with Crippen molar-refractivity contribution in [3.05, 3.63) is 60.7 Å². The van der Waals surface area contributed by atoms with Crippen LogP contribution in [0.15, 0.2) is 60.7 Å². The fourth-order valence-corrected chi connectivity index (χ4v) is 2.55. The second-order valence-electron chi connectivity index (χ2n) is 5.96. The summed E-state index contributed by atoms with van der Waals surface area (Å²) < 4.78 is 5.20. The fraction of sp³-hybridized carbons (Fsp3) is 0.238. The molecule has 0 saturated heterocycles. The highest BCUT2D eigenvalue weighted by Crippen LogP contribution is 2.24. The lowest BCUT2D eigenvalue weighted by Gasteiger charge is -2.11. The molecule has 0 unspecified atom stereocenters. The molecule has 0 aliphatic rings. The third-order valence-corrected chi connectivity index (χ3v) is 3.98. The van der Waals surface area contributed by atoms with Crippen LogP contribution in [0.4, 0.5) is 17.5 Å². The Morgan fingerprint density at radius 1 is 0.962 bits per heavy atom. The van der Waals surface area contributed by atoms with Crippen molar-refractivity contribution in [3.63, 3.8) is 0 Å². The second-order valence-corrected chi connectivity index (χ2v) is 5.96. The minimum absolute atomic E-state index is 0.565. The summed E-state index contributed by atoms with van der Waals surface area (Å²) in [4.78, 5) is 9.28. The minimum Gasteiger partial charge on any atom is -0.497 e. The molecular weight excluding hydrogens is 324 g/mol. The molecule has 0 aliphatic heterocycles. The Morgan fingerprint density at radius 3 is 2.42 bits per heavy atom. The highest BCUT2D eigenvalue weighted by molar-refractivity contribution is 5.66. The summed E-state index contributed by atoms with van der Waals surface area (Å²) in [7, 11) is 1.66. The van der Waals surface area contributed by atoms with Crippen LogP contribution in [0.2, 0.25) is 0 Å². The number of hydrogen-bond donors (Lipinski definition) is 2. The van der Waals surface area contributed by atoms with Gasteiger partial charge in [-0.2, -0.15) is 4.98 Å². The van der Waals surface area contributed by atoms with E-state index in [4.69, 9.17) is 4.74 Å². The van der Waals surface area contributed by atoms with E-state index in [9.17, 15) is 0 Å². The predicted octanol–water partition coefficient (Wildman–Crippen LogP) is 5.11. The lowest BCUT2D eigenvalue weighted by Crippen LogP contribution is -2.06. The van der Waals surface area contributed by atoms with Crippen LogP contribution in [-0.2, 0) is 0 Å². The topological polar surface area (TPSA) is 59.1 Å². The van der Waals surface area contributed by atoms with E-state index in [0.717, 1.165) is 47.9 Å². The maximum atomic E-state index is 5.20. The van der Waals surface area contributed by atoms with Crippen molar-refractivity contribution in [1.82, 2.24) is 9.97 Å². The van der Waals surface area contributed by atoms with Crippen molar-refractivity contribution < 1.29 is 4.74 Å². The Kier molecular flexibility index (Phi) is 6.04. The van der Waals surface area contributed by atoms with Crippen LogP contribution in [0.25, 0.3) is 11.3 Å². The van der Waals surface area contributed by atoms with Gasteiger partial charge in [0.1, 0.15) is 11.6 Å². The summed E-state index contributed by atoms with van der Waals surface area (Å²) >= 11 is 0. The first kappa shape index (κ1) is 17.7. The molecule has 0 saturated carbocycles. The molecule has 0 aliphatic carbocycles. The third-order valence-electron chi connectivity index (χ3n) is 3.98. The summed E-state index contributed by atoms with van der Waals surface area (Å²) in [5, 5.41) is 6.67. The van der Waals surface area contributed by atoms with Gasteiger partial charge in [0.15, 0.2) is 0 Å². The van der Waals surface area contributed by atoms with Gasteiger partial charge >= 0.3 is 0 Å². The molecule has 5 nitrogen and oxygen atoms in total. The van der Waals surface area contributed by atoms with Gasteiger partial charge < -0.3 is 15.4 Å². The maximum absolute atomic E-state index is 5.20. The molecule has 0 spiro atoms. The number of ether oxygens (including phenoxy) is 1. The number of aromatic nitrogens is 2. The Bertz CT molecular complexity index is 819. The number of benzene rings is 2. The van der Waals surface area contributed by atoms with Gasteiger partial charge in [0, 0.05) is 23.9 Å². The number of nitrogens with zero attached hydrogens (tertiary/aromatic N) is 2. The van der Waals surface area contributed by atoms with Gasteiger partial charge in [0.25, 0.3) is 0 Å². The molecule has 0 amide bonds. The Labute approximate surface area is 154 Å². The maximum Gasteiger partial charge on any atom is 0.229 e. The van der Waals surface area contributed by atoms with Gasteiger partial charge in [-0.1, -0.05) is 43.7 Å². The number of rotatable bonds is 8. The Morgan fingerprint density at radius 2 is 1.73 bits per heavy atom. The molecule has 2 aromatic carbocycles. The van der Waals surface area contributed by atoms with E-state index in [1.807, 2.05) is 48.5 Å². The largest absolute Gasteiger partial charge is 0.497 e. The molecule has 134 valence electrons. The normalized spacial score (nSPS) is 10.4. The molecule has 26 heavy (non-hydrogen) atoms. The van der Waals surface area contributed by atoms with E-state index in [0.29, 0.717) is 5.95 Å². The number of anilines is 3. The highest BCUT2D eigenvalue weighted by atomic mass is 16.5. The molecule has 0 atom stereocenters. The number of nitrogens with one attached hydrogen (secondary N) is 2. The van der Waals surface area contributed by atoms with Gasteiger partial charge in [0.05, 0.1) is 12.8 Å². The first-order chi connectivity index (χ1) is 12.8. The summed E-state index contributed by atoms with van der Waals surface area (Å²) in [6.45, 7) is 3.07. The van der Waals surface area contributed by atoms with Crippen molar-refractivity contribution in [2.75, 3.05) is 24.3 Å². The standard InChI is InChI=1S/C21H24N4O/c1-3-4-14-22-20-15-19(16-8-6-5-7-9-16)24-21(25-20)23-17-10-12-18(26-2)13-11-17/h5-13,15H,3-4,14H2,1-2H3,(H2,22,23,24,25). The quantitative estimate of drug-likeness (QED) is 0.554. The first-order valence-corrected chi connectivity index (χ1v) is 8.88. The Hall–Kier alpha value is -3.08.